The predicted molar refractivity (Wildman–Crippen MR) is 101 cm³/mol. The van der Waals surface area contributed by atoms with Crippen LogP contribution in [0.2, 0.25) is 0 Å². The topological polar surface area (TPSA) is 79.8 Å². The fourth-order valence-corrected chi connectivity index (χ4v) is 2.64. The molecule has 0 saturated carbocycles. The van der Waals surface area contributed by atoms with Crippen molar-refractivity contribution in [3.8, 4) is 11.5 Å². The van der Waals surface area contributed by atoms with E-state index >= 15 is 0 Å². The molecule has 2 aromatic carbocycles. The van der Waals surface area contributed by atoms with Crippen LogP contribution in [0.15, 0.2) is 48.5 Å². The lowest BCUT2D eigenvalue weighted by Gasteiger charge is -2.17. The molecule has 0 aliphatic rings. The van der Waals surface area contributed by atoms with Gasteiger partial charge < -0.3 is 25.2 Å². The van der Waals surface area contributed by atoms with Gasteiger partial charge in [0.25, 0.3) is 0 Å². The lowest BCUT2D eigenvalue weighted by molar-refractivity contribution is 0.170. The van der Waals surface area contributed by atoms with Gasteiger partial charge in [0.1, 0.15) is 0 Å². The summed E-state index contributed by atoms with van der Waals surface area (Å²) in [5.74, 6) is 1.25. The highest BCUT2D eigenvalue weighted by molar-refractivity contribution is 5.74. The molecule has 0 unspecified atom stereocenters. The molecule has 2 rings (SSSR count). The molecule has 26 heavy (non-hydrogen) atoms. The van der Waals surface area contributed by atoms with Gasteiger partial charge in [0.2, 0.25) is 0 Å². The molecule has 0 aromatic heterocycles. The summed E-state index contributed by atoms with van der Waals surface area (Å²) in [5, 5.41) is 15.7. The number of ether oxygens (including phenoxy) is 2. The normalized spacial score (nSPS) is 12.8. The van der Waals surface area contributed by atoms with E-state index in [-0.39, 0.29) is 18.6 Å². The molecule has 6 nitrogen and oxygen atoms in total. The molecule has 0 spiro atoms. The minimum absolute atomic E-state index is 0.112. The Bertz CT molecular complexity index is 706. The summed E-state index contributed by atoms with van der Waals surface area (Å²) in [6.07, 6.45) is -0.305. The smallest absolute Gasteiger partial charge is 0.315 e. The standard InChI is InChI=1S/C20H26N2O4/c1-14(16-7-5-4-6-8-16)22-20(24)21-13-17(23)11-15-9-10-18(25-2)19(12-15)26-3/h4-10,12,14,17,23H,11,13H2,1-3H3,(H2,21,22,24)/t14-,17+/m1/s1. The van der Waals surface area contributed by atoms with Crippen LogP contribution in [0.4, 0.5) is 4.79 Å². The van der Waals surface area contributed by atoms with E-state index in [1.807, 2.05) is 49.4 Å². The Labute approximate surface area is 154 Å². The summed E-state index contributed by atoms with van der Waals surface area (Å²) in [6, 6.07) is 14.8. The monoisotopic (exact) mass is 358 g/mol. The first-order chi connectivity index (χ1) is 12.5. The fraction of sp³-hybridized carbons (Fsp3) is 0.350. The Morgan fingerprint density at radius 3 is 2.42 bits per heavy atom. The van der Waals surface area contributed by atoms with E-state index in [2.05, 4.69) is 10.6 Å². The molecule has 6 heteroatoms. The fourth-order valence-electron chi connectivity index (χ4n) is 2.64. The van der Waals surface area contributed by atoms with Crippen LogP contribution in [0.5, 0.6) is 11.5 Å². The first kappa shape index (κ1) is 19.6. The number of urea groups is 1. The van der Waals surface area contributed by atoms with Gasteiger partial charge in [-0.2, -0.15) is 0 Å². The van der Waals surface area contributed by atoms with Gasteiger partial charge in [-0.25, -0.2) is 4.79 Å². The first-order valence-electron chi connectivity index (χ1n) is 8.51. The zero-order valence-corrected chi connectivity index (χ0v) is 15.4. The lowest BCUT2D eigenvalue weighted by atomic mass is 10.1. The van der Waals surface area contributed by atoms with Crippen molar-refractivity contribution in [2.24, 2.45) is 0 Å². The summed E-state index contributed by atoms with van der Waals surface area (Å²) in [4.78, 5) is 12.0. The highest BCUT2D eigenvalue weighted by Gasteiger charge is 2.12. The van der Waals surface area contributed by atoms with Gasteiger partial charge in [-0.1, -0.05) is 36.4 Å². The van der Waals surface area contributed by atoms with Crippen molar-refractivity contribution >= 4 is 6.03 Å². The highest BCUT2D eigenvalue weighted by atomic mass is 16.5. The molecule has 0 heterocycles. The van der Waals surface area contributed by atoms with Gasteiger partial charge in [0, 0.05) is 13.0 Å². The van der Waals surface area contributed by atoms with Crippen molar-refractivity contribution in [1.29, 1.82) is 0 Å². The maximum atomic E-state index is 12.0. The molecule has 0 radical (unpaired) electrons. The lowest BCUT2D eigenvalue weighted by Crippen LogP contribution is -2.41. The number of methoxy groups -OCH3 is 2. The summed E-state index contributed by atoms with van der Waals surface area (Å²) in [7, 11) is 3.14. The molecule has 0 aliphatic carbocycles. The Morgan fingerprint density at radius 1 is 1.08 bits per heavy atom. The van der Waals surface area contributed by atoms with Crippen molar-refractivity contribution in [1.82, 2.24) is 10.6 Å². The largest absolute Gasteiger partial charge is 0.493 e. The number of aliphatic hydroxyl groups is 1. The van der Waals surface area contributed by atoms with Crippen LogP contribution in [0.1, 0.15) is 24.1 Å². The number of carbonyl (C=O) groups is 1. The maximum Gasteiger partial charge on any atom is 0.315 e. The van der Waals surface area contributed by atoms with Crippen LogP contribution in [0.25, 0.3) is 0 Å². The Kier molecular flexibility index (Phi) is 7.29. The summed E-state index contributed by atoms with van der Waals surface area (Å²) in [5.41, 5.74) is 1.92. The van der Waals surface area contributed by atoms with Gasteiger partial charge >= 0.3 is 6.03 Å². The van der Waals surface area contributed by atoms with E-state index in [0.29, 0.717) is 17.9 Å². The van der Waals surface area contributed by atoms with E-state index in [9.17, 15) is 9.90 Å². The van der Waals surface area contributed by atoms with Gasteiger partial charge in [-0.3, -0.25) is 0 Å². The number of amides is 2. The average molecular weight is 358 g/mol. The van der Waals surface area contributed by atoms with E-state index in [1.54, 1.807) is 20.3 Å². The van der Waals surface area contributed by atoms with Crippen molar-refractivity contribution in [2.75, 3.05) is 20.8 Å². The van der Waals surface area contributed by atoms with Crippen LogP contribution in [-0.4, -0.2) is 38.0 Å². The number of hydrogen-bond donors (Lipinski definition) is 3. The average Bonchev–Trinajstić information content (AvgIpc) is 2.67. The summed E-state index contributed by atoms with van der Waals surface area (Å²) < 4.78 is 10.5. The van der Waals surface area contributed by atoms with Crippen LogP contribution in [0, 0.1) is 0 Å². The zero-order valence-electron chi connectivity index (χ0n) is 15.4. The van der Waals surface area contributed by atoms with Crippen LogP contribution >= 0.6 is 0 Å². The van der Waals surface area contributed by atoms with Gasteiger partial charge in [-0.15, -0.1) is 0 Å². The Morgan fingerprint density at radius 2 is 1.77 bits per heavy atom. The molecule has 3 N–H and O–H groups in total. The van der Waals surface area contributed by atoms with Gasteiger partial charge in [0.05, 0.1) is 26.4 Å². The van der Waals surface area contributed by atoms with E-state index < -0.39 is 6.10 Å². The number of hydrogen-bond acceptors (Lipinski definition) is 4. The third kappa shape index (κ3) is 5.67. The maximum absolute atomic E-state index is 12.0. The second-order valence-corrected chi connectivity index (χ2v) is 6.03. The van der Waals surface area contributed by atoms with Gasteiger partial charge in [-0.05, 0) is 30.2 Å². The van der Waals surface area contributed by atoms with Crippen LogP contribution in [0.3, 0.4) is 0 Å². The molecular formula is C20H26N2O4. The minimum Gasteiger partial charge on any atom is -0.493 e. The third-order valence-corrected chi connectivity index (χ3v) is 4.06. The number of aliphatic hydroxyl groups excluding tert-OH is 1. The van der Waals surface area contributed by atoms with Crippen molar-refractivity contribution in [2.45, 2.75) is 25.5 Å². The summed E-state index contributed by atoms with van der Waals surface area (Å²) >= 11 is 0. The predicted octanol–water partition coefficient (Wildman–Crippen LogP) is 2.67. The molecule has 140 valence electrons. The molecule has 0 fully saturated rings. The number of rotatable bonds is 8. The Hall–Kier alpha value is -2.73. The molecule has 0 saturated heterocycles. The zero-order chi connectivity index (χ0) is 18.9. The molecule has 2 atom stereocenters. The van der Waals surface area contributed by atoms with E-state index in [0.717, 1.165) is 11.1 Å². The number of benzene rings is 2. The molecule has 2 amide bonds. The molecule has 2 aromatic rings. The van der Waals surface area contributed by atoms with Gasteiger partial charge in [0.15, 0.2) is 11.5 Å². The molecule has 0 bridgehead atoms. The first-order valence-corrected chi connectivity index (χ1v) is 8.51. The second kappa shape index (κ2) is 9.68. The second-order valence-electron chi connectivity index (χ2n) is 6.03. The Balaban J connectivity index is 1.81. The van der Waals surface area contributed by atoms with Crippen molar-refractivity contribution < 1.29 is 19.4 Å². The third-order valence-electron chi connectivity index (χ3n) is 4.06. The minimum atomic E-state index is -0.703. The molecular weight excluding hydrogens is 332 g/mol. The van der Waals surface area contributed by atoms with Crippen LogP contribution in [-0.2, 0) is 6.42 Å². The number of nitrogens with one attached hydrogen (secondary N) is 2. The van der Waals surface area contributed by atoms with Crippen LogP contribution < -0.4 is 20.1 Å². The number of carbonyl (C=O) groups excluding carboxylic acids is 1. The van der Waals surface area contributed by atoms with Crippen molar-refractivity contribution in [3.63, 3.8) is 0 Å². The SMILES string of the molecule is COc1ccc(C[C@H](O)CNC(=O)N[C@H](C)c2ccccc2)cc1OC. The molecule has 0 aliphatic heterocycles. The van der Waals surface area contributed by atoms with E-state index in [4.69, 9.17) is 9.47 Å². The van der Waals surface area contributed by atoms with Crippen molar-refractivity contribution in [3.05, 3.63) is 59.7 Å². The quantitative estimate of drug-likeness (QED) is 0.678. The highest BCUT2D eigenvalue weighted by Crippen LogP contribution is 2.27. The summed E-state index contributed by atoms with van der Waals surface area (Å²) in [6.45, 7) is 2.07. The van der Waals surface area contributed by atoms with E-state index in [1.165, 1.54) is 0 Å².